The zero-order chi connectivity index (χ0) is 18.6. The van der Waals surface area contributed by atoms with Crippen LogP contribution in [0.2, 0.25) is 0 Å². The van der Waals surface area contributed by atoms with Crippen molar-refractivity contribution < 1.29 is 18.3 Å². The van der Waals surface area contributed by atoms with Crippen LogP contribution in [-0.4, -0.2) is 31.2 Å². The third-order valence-electron chi connectivity index (χ3n) is 4.04. The van der Waals surface area contributed by atoms with Crippen molar-refractivity contribution in [1.82, 2.24) is 4.98 Å². The summed E-state index contributed by atoms with van der Waals surface area (Å²) in [6, 6.07) is 13.8. The zero-order valence-corrected chi connectivity index (χ0v) is 14.9. The number of aromatic nitrogens is 1. The molecule has 0 aliphatic carbocycles. The van der Waals surface area contributed by atoms with Crippen LogP contribution in [0, 0.1) is 0 Å². The minimum Gasteiger partial charge on any atom is -0.491 e. The van der Waals surface area contributed by atoms with Crippen molar-refractivity contribution in [2.24, 2.45) is 5.14 Å². The van der Waals surface area contributed by atoms with Gasteiger partial charge in [-0.05, 0) is 59.5 Å². The van der Waals surface area contributed by atoms with Crippen molar-refractivity contribution in [2.45, 2.75) is 23.8 Å². The number of primary sulfonamides is 1. The Morgan fingerprint density at radius 2 is 1.88 bits per heavy atom. The first kappa shape index (κ1) is 18.3. The molecule has 0 amide bonds. The van der Waals surface area contributed by atoms with E-state index in [-0.39, 0.29) is 11.5 Å². The summed E-state index contributed by atoms with van der Waals surface area (Å²) in [4.78, 5) is 4.12. The Labute approximate surface area is 152 Å². The van der Waals surface area contributed by atoms with Crippen LogP contribution < -0.4 is 9.88 Å². The van der Waals surface area contributed by atoms with Crippen LogP contribution in [-0.2, 0) is 16.4 Å². The highest BCUT2D eigenvalue weighted by molar-refractivity contribution is 7.89. The van der Waals surface area contributed by atoms with Gasteiger partial charge in [0.25, 0.3) is 0 Å². The number of ether oxygens (including phenoxy) is 1. The predicted octanol–water partition coefficient (Wildman–Crippen LogP) is 2.25. The highest BCUT2D eigenvalue weighted by Crippen LogP contribution is 2.23. The van der Waals surface area contributed by atoms with Crippen molar-refractivity contribution in [3.05, 3.63) is 66.5 Å². The average Bonchev–Trinajstić information content (AvgIpc) is 2.64. The van der Waals surface area contributed by atoms with Crippen LogP contribution in [0.25, 0.3) is 10.8 Å². The molecular formula is C19H20N2O4S. The highest BCUT2D eigenvalue weighted by atomic mass is 32.2. The van der Waals surface area contributed by atoms with E-state index in [9.17, 15) is 13.5 Å². The first-order chi connectivity index (χ1) is 12.4. The number of fused-ring (bicyclic) bond motifs is 1. The topological polar surface area (TPSA) is 103 Å². The Kier molecular flexibility index (Phi) is 5.51. The summed E-state index contributed by atoms with van der Waals surface area (Å²) in [5.41, 5.74) is 1.07. The van der Waals surface area contributed by atoms with Gasteiger partial charge in [-0.2, -0.15) is 0 Å². The monoisotopic (exact) mass is 372 g/mol. The van der Waals surface area contributed by atoms with E-state index >= 15 is 0 Å². The Bertz CT molecular complexity index is 991. The van der Waals surface area contributed by atoms with Crippen molar-refractivity contribution >= 4 is 20.8 Å². The van der Waals surface area contributed by atoms with Crippen LogP contribution in [0.3, 0.4) is 0 Å². The molecule has 0 bridgehead atoms. The SMILES string of the molecule is NS(=O)(=O)c1ccc2cc(OCC(O)CCc3cccnc3)ccc2c1. The minimum absolute atomic E-state index is 0.0736. The van der Waals surface area contributed by atoms with E-state index in [2.05, 4.69) is 4.98 Å². The summed E-state index contributed by atoms with van der Waals surface area (Å²) in [7, 11) is -3.72. The predicted molar refractivity (Wildman–Crippen MR) is 99.4 cm³/mol. The fourth-order valence-corrected chi connectivity index (χ4v) is 3.17. The third-order valence-corrected chi connectivity index (χ3v) is 4.95. The maximum Gasteiger partial charge on any atom is 0.238 e. The fourth-order valence-electron chi connectivity index (χ4n) is 2.62. The van der Waals surface area contributed by atoms with Crippen LogP contribution in [0.1, 0.15) is 12.0 Å². The second-order valence-corrected chi connectivity index (χ2v) is 7.64. The van der Waals surface area contributed by atoms with E-state index in [4.69, 9.17) is 9.88 Å². The molecule has 1 aromatic heterocycles. The average molecular weight is 372 g/mol. The first-order valence-electron chi connectivity index (χ1n) is 8.18. The Morgan fingerprint density at radius 1 is 1.12 bits per heavy atom. The zero-order valence-electron chi connectivity index (χ0n) is 14.1. The normalized spacial score (nSPS) is 12.8. The molecule has 0 fully saturated rings. The van der Waals surface area contributed by atoms with Crippen LogP contribution >= 0.6 is 0 Å². The second-order valence-electron chi connectivity index (χ2n) is 6.08. The van der Waals surface area contributed by atoms with E-state index in [1.807, 2.05) is 12.1 Å². The van der Waals surface area contributed by atoms with Gasteiger partial charge >= 0.3 is 0 Å². The molecule has 0 aliphatic rings. The maximum absolute atomic E-state index is 11.4. The van der Waals surface area contributed by atoms with E-state index in [1.54, 1.807) is 36.7 Å². The molecule has 0 saturated carbocycles. The van der Waals surface area contributed by atoms with E-state index in [0.717, 1.165) is 22.8 Å². The van der Waals surface area contributed by atoms with Crippen LogP contribution in [0.4, 0.5) is 0 Å². The first-order valence-corrected chi connectivity index (χ1v) is 9.73. The summed E-state index contributed by atoms with van der Waals surface area (Å²) in [6.45, 7) is 0.182. The fraction of sp³-hybridized carbons (Fsp3) is 0.211. The van der Waals surface area contributed by atoms with Gasteiger partial charge in [0.05, 0.1) is 11.0 Å². The smallest absolute Gasteiger partial charge is 0.238 e. The lowest BCUT2D eigenvalue weighted by atomic mass is 10.1. The standard InChI is InChI=1S/C19H20N2O4S/c20-26(23,24)19-8-5-15-10-18(7-4-16(15)11-19)25-13-17(22)6-3-14-2-1-9-21-12-14/h1-2,4-5,7-12,17,22H,3,6,13H2,(H2,20,23,24). The molecule has 26 heavy (non-hydrogen) atoms. The number of sulfonamides is 1. The number of aliphatic hydroxyl groups excluding tert-OH is 1. The Hall–Kier alpha value is -2.48. The number of pyridine rings is 1. The summed E-state index contributed by atoms with van der Waals surface area (Å²) >= 11 is 0. The number of hydrogen-bond acceptors (Lipinski definition) is 5. The van der Waals surface area contributed by atoms with Gasteiger partial charge in [0.1, 0.15) is 12.4 Å². The number of nitrogens with two attached hydrogens (primary N) is 1. The Balaban J connectivity index is 1.60. The lowest BCUT2D eigenvalue weighted by Gasteiger charge is -2.13. The number of benzene rings is 2. The minimum atomic E-state index is -3.72. The van der Waals surface area contributed by atoms with Gasteiger partial charge < -0.3 is 9.84 Å². The maximum atomic E-state index is 11.4. The van der Waals surface area contributed by atoms with Crippen LogP contribution in [0.5, 0.6) is 5.75 Å². The van der Waals surface area contributed by atoms with Gasteiger partial charge in [-0.15, -0.1) is 0 Å². The molecule has 6 nitrogen and oxygen atoms in total. The van der Waals surface area contributed by atoms with Crippen molar-refractivity contribution in [3.63, 3.8) is 0 Å². The molecule has 7 heteroatoms. The molecule has 3 aromatic rings. The lowest BCUT2D eigenvalue weighted by molar-refractivity contribution is 0.100. The lowest BCUT2D eigenvalue weighted by Crippen LogP contribution is -2.18. The number of rotatable bonds is 7. The molecule has 0 saturated heterocycles. The largest absolute Gasteiger partial charge is 0.491 e. The van der Waals surface area contributed by atoms with Gasteiger partial charge in [-0.3, -0.25) is 4.98 Å². The summed E-state index contributed by atoms with van der Waals surface area (Å²) < 4.78 is 28.5. The van der Waals surface area contributed by atoms with E-state index in [1.165, 1.54) is 12.1 Å². The van der Waals surface area contributed by atoms with Crippen molar-refractivity contribution in [3.8, 4) is 5.75 Å². The summed E-state index contributed by atoms with van der Waals surface area (Å²) in [5.74, 6) is 0.612. The van der Waals surface area contributed by atoms with E-state index < -0.39 is 16.1 Å². The summed E-state index contributed by atoms with van der Waals surface area (Å²) in [6.07, 6.45) is 4.22. The molecule has 1 unspecified atom stereocenters. The van der Waals surface area contributed by atoms with Crippen LogP contribution in [0.15, 0.2) is 65.8 Å². The summed E-state index contributed by atoms with van der Waals surface area (Å²) in [5, 5.41) is 16.8. The van der Waals surface area contributed by atoms with Gasteiger partial charge in [0.15, 0.2) is 0 Å². The second kappa shape index (κ2) is 7.82. The quantitative estimate of drug-likeness (QED) is 0.662. The number of aliphatic hydroxyl groups is 1. The molecule has 1 atom stereocenters. The van der Waals surface area contributed by atoms with Crippen molar-refractivity contribution in [2.75, 3.05) is 6.61 Å². The molecule has 0 radical (unpaired) electrons. The van der Waals surface area contributed by atoms with Crippen molar-refractivity contribution in [1.29, 1.82) is 0 Å². The van der Waals surface area contributed by atoms with Gasteiger partial charge in [-0.1, -0.05) is 18.2 Å². The number of hydrogen-bond donors (Lipinski definition) is 2. The molecule has 3 rings (SSSR count). The van der Waals surface area contributed by atoms with E-state index in [0.29, 0.717) is 12.2 Å². The molecule has 3 N–H and O–H groups in total. The molecule has 0 spiro atoms. The number of nitrogens with zero attached hydrogens (tertiary/aromatic N) is 1. The number of aryl methyl sites for hydroxylation is 1. The Morgan fingerprint density at radius 3 is 2.62 bits per heavy atom. The third kappa shape index (κ3) is 4.78. The molecule has 136 valence electrons. The molecule has 0 aliphatic heterocycles. The molecule has 1 heterocycles. The van der Waals surface area contributed by atoms with Gasteiger partial charge in [0.2, 0.25) is 10.0 Å². The van der Waals surface area contributed by atoms with Gasteiger partial charge in [-0.25, -0.2) is 13.6 Å². The van der Waals surface area contributed by atoms with Gasteiger partial charge in [0, 0.05) is 12.4 Å². The molecule has 2 aromatic carbocycles. The molecular weight excluding hydrogens is 352 g/mol. The highest BCUT2D eigenvalue weighted by Gasteiger charge is 2.10.